The molecule has 0 radical (unpaired) electrons. The summed E-state index contributed by atoms with van der Waals surface area (Å²) in [5, 5.41) is 3.50. The molecule has 1 amide bonds. The molecule has 0 bridgehead atoms. The van der Waals surface area contributed by atoms with Gasteiger partial charge in [-0.25, -0.2) is 0 Å². The quantitative estimate of drug-likeness (QED) is 0.901. The van der Waals surface area contributed by atoms with Gasteiger partial charge >= 0.3 is 0 Å². The van der Waals surface area contributed by atoms with Gasteiger partial charge in [-0.15, -0.1) is 0 Å². The first-order chi connectivity index (χ1) is 10.1. The second kappa shape index (κ2) is 5.54. The number of carbonyl (C=O) groups excluding carboxylic acids is 1. The Labute approximate surface area is 128 Å². The van der Waals surface area contributed by atoms with Crippen molar-refractivity contribution in [3.63, 3.8) is 0 Å². The van der Waals surface area contributed by atoms with Crippen LogP contribution in [0.15, 0.2) is 24.3 Å². The first-order valence-electron chi connectivity index (χ1n) is 7.56. The molecular formula is C16H22N2O2S. The zero-order valence-corrected chi connectivity index (χ0v) is 13.4. The number of carbonyl (C=O) groups is 1. The van der Waals surface area contributed by atoms with Crippen LogP contribution in [0.5, 0.6) is 0 Å². The van der Waals surface area contributed by atoms with Gasteiger partial charge in [0.2, 0.25) is 5.91 Å². The predicted octanol–water partition coefficient (Wildman–Crippen LogP) is 1.73. The maximum Gasteiger partial charge on any atom is 0.244 e. The standard InChI is InChI=1S/C16H22N2O2S/c1-3-21(20)10-9-18-14(13-6-4-5-12(2)11-13)17-16(7-8-16)15(18)19/h4-6,11,14,17H,3,7-10H2,1-2H3. The van der Waals surface area contributed by atoms with Gasteiger partial charge < -0.3 is 4.90 Å². The molecule has 2 atom stereocenters. The molecule has 1 aromatic rings. The van der Waals surface area contributed by atoms with E-state index in [1.54, 1.807) is 0 Å². The summed E-state index contributed by atoms with van der Waals surface area (Å²) in [7, 11) is -0.840. The minimum absolute atomic E-state index is 0.0752. The molecule has 0 aromatic heterocycles. The van der Waals surface area contributed by atoms with Crippen LogP contribution in [-0.4, -0.2) is 38.6 Å². The van der Waals surface area contributed by atoms with Crippen LogP contribution in [0.25, 0.3) is 0 Å². The van der Waals surface area contributed by atoms with E-state index in [-0.39, 0.29) is 17.6 Å². The van der Waals surface area contributed by atoms with Crippen LogP contribution in [0.4, 0.5) is 0 Å². The Hall–Kier alpha value is -1.20. The van der Waals surface area contributed by atoms with Gasteiger partial charge in [0.1, 0.15) is 11.7 Å². The van der Waals surface area contributed by atoms with Crippen LogP contribution in [0.1, 0.15) is 37.1 Å². The van der Waals surface area contributed by atoms with Gasteiger partial charge in [-0.1, -0.05) is 36.8 Å². The summed E-state index contributed by atoms with van der Waals surface area (Å²) in [5.41, 5.74) is 1.98. The lowest BCUT2D eigenvalue weighted by atomic mass is 10.1. The van der Waals surface area contributed by atoms with E-state index in [1.165, 1.54) is 5.56 Å². The van der Waals surface area contributed by atoms with E-state index in [9.17, 15) is 9.00 Å². The molecule has 1 N–H and O–H groups in total. The Morgan fingerprint density at radius 3 is 2.81 bits per heavy atom. The number of nitrogens with zero attached hydrogens (tertiary/aromatic N) is 1. The van der Waals surface area contributed by atoms with Crippen LogP contribution in [0.3, 0.4) is 0 Å². The van der Waals surface area contributed by atoms with E-state index in [0.717, 1.165) is 18.4 Å². The van der Waals surface area contributed by atoms with Crippen molar-refractivity contribution in [3.05, 3.63) is 35.4 Å². The number of rotatable bonds is 5. The van der Waals surface area contributed by atoms with Crippen molar-refractivity contribution in [2.75, 3.05) is 18.1 Å². The molecule has 4 nitrogen and oxygen atoms in total. The molecule has 5 heteroatoms. The van der Waals surface area contributed by atoms with Crippen molar-refractivity contribution in [1.82, 2.24) is 10.2 Å². The van der Waals surface area contributed by atoms with Crippen LogP contribution in [-0.2, 0) is 15.6 Å². The Morgan fingerprint density at radius 2 is 2.19 bits per heavy atom. The van der Waals surface area contributed by atoms with Crippen molar-refractivity contribution < 1.29 is 9.00 Å². The van der Waals surface area contributed by atoms with Crippen molar-refractivity contribution in [3.8, 4) is 0 Å². The Morgan fingerprint density at radius 1 is 1.43 bits per heavy atom. The van der Waals surface area contributed by atoms with E-state index in [4.69, 9.17) is 0 Å². The maximum absolute atomic E-state index is 12.6. The normalized spacial score (nSPS) is 24.6. The van der Waals surface area contributed by atoms with Crippen molar-refractivity contribution >= 4 is 16.7 Å². The van der Waals surface area contributed by atoms with Crippen LogP contribution in [0, 0.1) is 6.92 Å². The highest BCUT2D eigenvalue weighted by Gasteiger charge is 2.59. The second-order valence-corrected chi connectivity index (χ2v) is 7.84. The monoisotopic (exact) mass is 306 g/mol. The van der Waals surface area contributed by atoms with Crippen LogP contribution >= 0.6 is 0 Å². The molecule has 1 saturated heterocycles. The van der Waals surface area contributed by atoms with Gasteiger partial charge in [0.05, 0.1) is 0 Å². The topological polar surface area (TPSA) is 49.4 Å². The number of benzene rings is 1. The minimum Gasteiger partial charge on any atom is -0.320 e. The number of hydrogen-bond acceptors (Lipinski definition) is 3. The number of aryl methyl sites for hydroxylation is 1. The highest BCUT2D eigenvalue weighted by atomic mass is 32.2. The molecule has 1 heterocycles. The molecule has 2 fully saturated rings. The van der Waals surface area contributed by atoms with Gasteiger partial charge in [-0.2, -0.15) is 0 Å². The van der Waals surface area contributed by atoms with E-state index < -0.39 is 10.8 Å². The molecule has 1 aliphatic carbocycles. The third-order valence-corrected chi connectivity index (χ3v) is 5.67. The number of nitrogens with one attached hydrogen (secondary N) is 1. The Balaban J connectivity index is 1.83. The summed E-state index contributed by atoms with van der Waals surface area (Å²) in [5.74, 6) is 1.39. The molecule has 2 aliphatic rings. The SMILES string of the molecule is CCS(=O)CCN1C(=O)C2(CC2)NC1c1cccc(C)c1. The molecule has 1 saturated carbocycles. The smallest absolute Gasteiger partial charge is 0.244 e. The fourth-order valence-electron chi connectivity index (χ4n) is 2.96. The van der Waals surface area contributed by atoms with E-state index in [1.807, 2.05) is 17.9 Å². The highest BCUT2D eigenvalue weighted by molar-refractivity contribution is 7.84. The molecule has 1 spiro atoms. The average molecular weight is 306 g/mol. The fourth-order valence-corrected chi connectivity index (χ4v) is 3.64. The largest absolute Gasteiger partial charge is 0.320 e. The molecule has 114 valence electrons. The van der Waals surface area contributed by atoms with Crippen molar-refractivity contribution in [2.24, 2.45) is 0 Å². The third kappa shape index (κ3) is 2.77. The van der Waals surface area contributed by atoms with E-state index in [0.29, 0.717) is 18.1 Å². The minimum atomic E-state index is -0.840. The Bertz CT molecular complexity index is 583. The lowest BCUT2D eigenvalue weighted by Crippen LogP contribution is -2.35. The molecule has 1 aliphatic heterocycles. The van der Waals surface area contributed by atoms with Crippen LogP contribution in [0.2, 0.25) is 0 Å². The van der Waals surface area contributed by atoms with Gasteiger partial charge in [0.25, 0.3) is 0 Å². The lowest BCUT2D eigenvalue weighted by molar-refractivity contribution is -0.130. The third-order valence-electron chi connectivity index (χ3n) is 4.38. The molecular weight excluding hydrogens is 284 g/mol. The summed E-state index contributed by atoms with van der Waals surface area (Å²) in [6.07, 6.45) is 1.76. The van der Waals surface area contributed by atoms with Gasteiger partial charge in [-0.3, -0.25) is 14.3 Å². The predicted molar refractivity (Wildman–Crippen MR) is 84.3 cm³/mol. The number of hydrogen-bond donors (Lipinski definition) is 1. The van der Waals surface area contributed by atoms with Crippen molar-refractivity contribution in [2.45, 2.75) is 38.4 Å². The van der Waals surface area contributed by atoms with E-state index in [2.05, 4.69) is 30.4 Å². The highest BCUT2D eigenvalue weighted by Crippen LogP contribution is 2.45. The number of amides is 1. The summed E-state index contributed by atoms with van der Waals surface area (Å²) >= 11 is 0. The fraction of sp³-hybridized carbons (Fsp3) is 0.562. The summed E-state index contributed by atoms with van der Waals surface area (Å²) in [6.45, 7) is 4.54. The van der Waals surface area contributed by atoms with Gasteiger partial charge in [0, 0.05) is 28.9 Å². The summed E-state index contributed by atoms with van der Waals surface area (Å²) < 4.78 is 11.7. The first-order valence-corrected chi connectivity index (χ1v) is 9.05. The lowest BCUT2D eigenvalue weighted by Gasteiger charge is -2.24. The molecule has 1 aromatic carbocycles. The maximum atomic E-state index is 12.6. The van der Waals surface area contributed by atoms with Crippen molar-refractivity contribution in [1.29, 1.82) is 0 Å². The molecule has 21 heavy (non-hydrogen) atoms. The summed E-state index contributed by atoms with van der Waals surface area (Å²) in [6, 6.07) is 8.26. The zero-order chi connectivity index (χ0) is 15.0. The van der Waals surface area contributed by atoms with Gasteiger partial charge in [0.15, 0.2) is 0 Å². The molecule has 2 unspecified atom stereocenters. The summed E-state index contributed by atoms with van der Waals surface area (Å²) in [4.78, 5) is 14.5. The average Bonchev–Trinajstić information content (AvgIpc) is 3.20. The Kier molecular flexibility index (Phi) is 3.88. The van der Waals surface area contributed by atoms with Crippen LogP contribution < -0.4 is 5.32 Å². The zero-order valence-electron chi connectivity index (χ0n) is 12.6. The van der Waals surface area contributed by atoms with E-state index >= 15 is 0 Å². The second-order valence-electron chi connectivity index (χ2n) is 5.97. The molecule has 3 rings (SSSR count). The van der Waals surface area contributed by atoms with Gasteiger partial charge in [-0.05, 0) is 25.3 Å². The first kappa shape index (κ1) is 14.7.